The monoisotopic (exact) mass is 333 g/mol. The molecule has 0 atom stereocenters. The van der Waals surface area contributed by atoms with Crippen molar-refractivity contribution in [2.75, 3.05) is 32.7 Å². The van der Waals surface area contributed by atoms with E-state index in [-0.39, 0.29) is 24.2 Å². The summed E-state index contributed by atoms with van der Waals surface area (Å²) in [5, 5.41) is 0. The van der Waals surface area contributed by atoms with E-state index in [1.165, 1.54) is 12.1 Å². The number of carbonyl (C=O) groups is 2. The molecule has 5 nitrogen and oxygen atoms in total. The summed E-state index contributed by atoms with van der Waals surface area (Å²) < 4.78 is 13.6. The number of benzene rings is 1. The number of nitrogens with two attached hydrogens (primary N) is 1. The van der Waals surface area contributed by atoms with Crippen LogP contribution < -0.4 is 5.73 Å². The average molecular weight is 333 g/mol. The Kier molecular flexibility index (Phi) is 4.85. The van der Waals surface area contributed by atoms with Crippen molar-refractivity contribution in [1.82, 2.24) is 9.80 Å². The maximum absolute atomic E-state index is 13.6. The maximum Gasteiger partial charge on any atom is 0.233 e. The molecule has 0 aromatic heterocycles. The molecule has 2 aliphatic rings. The fraction of sp³-hybridized carbons (Fsp3) is 0.556. The summed E-state index contributed by atoms with van der Waals surface area (Å²) in [7, 11) is 0. The zero-order valence-corrected chi connectivity index (χ0v) is 13.8. The van der Waals surface area contributed by atoms with E-state index < -0.39 is 5.41 Å². The third kappa shape index (κ3) is 3.29. The van der Waals surface area contributed by atoms with E-state index in [2.05, 4.69) is 0 Å². The van der Waals surface area contributed by atoms with Gasteiger partial charge in [0.15, 0.2) is 0 Å². The first kappa shape index (κ1) is 16.9. The minimum atomic E-state index is -0.568. The van der Waals surface area contributed by atoms with Gasteiger partial charge in [0.1, 0.15) is 5.82 Å². The highest BCUT2D eigenvalue weighted by molar-refractivity contribution is 5.89. The van der Waals surface area contributed by atoms with Gasteiger partial charge >= 0.3 is 0 Å². The fourth-order valence-corrected chi connectivity index (χ4v) is 3.80. The molecule has 1 aliphatic heterocycles. The molecule has 1 saturated heterocycles. The lowest BCUT2D eigenvalue weighted by Gasteiger charge is -2.44. The molecule has 24 heavy (non-hydrogen) atoms. The quantitative estimate of drug-likeness (QED) is 0.902. The smallest absolute Gasteiger partial charge is 0.233 e. The molecule has 2 amide bonds. The molecule has 0 spiro atoms. The van der Waals surface area contributed by atoms with Crippen LogP contribution in [0, 0.1) is 5.82 Å². The number of amides is 2. The minimum absolute atomic E-state index is 0.0975. The fourth-order valence-electron chi connectivity index (χ4n) is 3.80. The van der Waals surface area contributed by atoms with E-state index in [0.29, 0.717) is 19.6 Å². The Morgan fingerprint density at radius 3 is 2.54 bits per heavy atom. The predicted molar refractivity (Wildman–Crippen MR) is 88.8 cm³/mol. The van der Waals surface area contributed by atoms with Crippen LogP contribution in [0.5, 0.6) is 0 Å². The summed E-state index contributed by atoms with van der Waals surface area (Å²) in [6, 6.07) is 6.44. The van der Waals surface area contributed by atoms with Gasteiger partial charge in [0.25, 0.3) is 0 Å². The first-order chi connectivity index (χ1) is 11.5. The Hall–Kier alpha value is -1.95. The molecule has 6 heteroatoms. The van der Waals surface area contributed by atoms with Crippen LogP contribution >= 0.6 is 0 Å². The van der Waals surface area contributed by atoms with E-state index in [4.69, 9.17) is 5.73 Å². The summed E-state index contributed by atoms with van der Waals surface area (Å²) in [5.74, 6) is -0.541. The molecule has 1 aromatic rings. The molecule has 2 fully saturated rings. The van der Waals surface area contributed by atoms with Crippen molar-refractivity contribution < 1.29 is 14.0 Å². The van der Waals surface area contributed by atoms with Crippen molar-refractivity contribution in [3.05, 3.63) is 35.6 Å². The molecular formula is C18H24FN3O2. The Labute approximate surface area is 141 Å². The van der Waals surface area contributed by atoms with Gasteiger partial charge in [-0.25, -0.2) is 4.39 Å². The Morgan fingerprint density at radius 2 is 1.92 bits per heavy atom. The van der Waals surface area contributed by atoms with Crippen LogP contribution in [0.15, 0.2) is 24.3 Å². The van der Waals surface area contributed by atoms with Crippen molar-refractivity contribution in [3.63, 3.8) is 0 Å². The highest BCUT2D eigenvalue weighted by Gasteiger charge is 2.47. The van der Waals surface area contributed by atoms with E-state index in [9.17, 15) is 14.0 Å². The molecule has 1 aliphatic carbocycles. The van der Waals surface area contributed by atoms with Crippen molar-refractivity contribution in [1.29, 1.82) is 0 Å². The molecule has 130 valence electrons. The zero-order chi connectivity index (χ0) is 17.2. The van der Waals surface area contributed by atoms with Gasteiger partial charge in [0, 0.05) is 26.2 Å². The first-order valence-corrected chi connectivity index (χ1v) is 8.57. The van der Waals surface area contributed by atoms with Crippen LogP contribution in [-0.2, 0) is 15.0 Å². The molecule has 0 radical (unpaired) electrons. The molecule has 0 bridgehead atoms. The van der Waals surface area contributed by atoms with Gasteiger partial charge < -0.3 is 10.6 Å². The van der Waals surface area contributed by atoms with Gasteiger partial charge in [0.05, 0.1) is 12.0 Å². The summed E-state index contributed by atoms with van der Waals surface area (Å²) in [5.41, 5.74) is 5.48. The second kappa shape index (κ2) is 6.89. The Balaban J connectivity index is 1.74. The third-order valence-electron chi connectivity index (χ3n) is 5.25. The summed E-state index contributed by atoms with van der Waals surface area (Å²) in [6.45, 7) is 2.90. The van der Waals surface area contributed by atoms with Crippen LogP contribution in [0.4, 0.5) is 4.39 Å². The van der Waals surface area contributed by atoms with E-state index in [1.54, 1.807) is 6.07 Å². The van der Waals surface area contributed by atoms with E-state index in [1.807, 2.05) is 15.9 Å². The first-order valence-electron chi connectivity index (χ1n) is 8.57. The standard InChI is InChI=1S/C18H24FN3O2/c19-15-5-1-4-14(12-15)18(6-2-7-18)17(24)22-9-3-8-21(10-11-22)13-16(20)23/h1,4-5,12H,2-3,6-11,13H2,(H2,20,23). The van der Waals surface area contributed by atoms with Gasteiger partial charge in [-0.15, -0.1) is 0 Å². The Bertz CT molecular complexity index is 630. The number of rotatable bonds is 4. The molecule has 2 N–H and O–H groups in total. The number of hydrogen-bond donors (Lipinski definition) is 1. The third-order valence-corrected chi connectivity index (χ3v) is 5.25. The minimum Gasteiger partial charge on any atom is -0.369 e. The van der Waals surface area contributed by atoms with Crippen molar-refractivity contribution >= 4 is 11.8 Å². The normalized spacial score (nSPS) is 21.0. The number of nitrogens with zero attached hydrogens (tertiary/aromatic N) is 2. The highest BCUT2D eigenvalue weighted by atomic mass is 19.1. The topological polar surface area (TPSA) is 66.6 Å². The summed E-state index contributed by atoms with van der Waals surface area (Å²) >= 11 is 0. The predicted octanol–water partition coefficient (Wildman–Crippen LogP) is 1.27. The number of hydrogen-bond acceptors (Lipinski definition) is 3. The summed E-state index contributed by atoms with van der Waals surface area (Å²) in [4.78, 5) is 28.2. The number of halogens is 1. The maximum atomic E-state index is 13.6. The lowest BCUT2D eigenvalue weighted by atomic mass is 9.63. The second-order valence-electron chi connectivity index (χ2n) is 6.83. The Morgan fingerprint density at radius 1 is 1.12 bits per heavy atom. The van der Waals surface area contributed by atoms with Gasteiger partial charge in [-0.1, -0.05) is 18.6 Å². The van der Waals surface area contributed by atoms with Gasteiger partial charge in [-0.2, -0.15) is 0 Å². The van der Waals surface area contributed by atoms with Crippen LogP contribution in [0.2, 0.25) is 0 Å². The van der Waals surface area contributed by atoms with Gasteiger partial charge in [0.2, 0.25) is 11.8 Å². The average Bonchev–Trinajstić information content (AvgIpc) is 2.71. The lowest BCUT2D eigenvalue weighted by Crippen LogP contribution is -2.52. The SMILES string of the molecule is NC(=O)CN1CCCN(C(=O)C2(c3cccc(F)c3)CCC2)CC1. The van der Waals surface area contributed by atoms with Crippen LogP contribution in [0.3, 0.4) is 0 Å². The largest absolute Gasteiger partial charge is 0.369 e. The molecule has 1 aromatic carbocycles. The van der Waals surface area contributed by atoms with Crippen molar-refractivity contribution in [3.8, 4) is 0 Å². The molecule has 3 rings (SSSR count). The molecular weight excluding hydrogens is 309 g/mol. The molecule has 1 heterocycles. The van der Waals surface area contributed by atoms with Crippen LogP contribution in [0.25, 0.3) is 0 Å². The van der Waals surface area contributed by atoms with Crippen LogP contribution in [0.1, 0.15) is 31.2 Å². The van der Waals surface area contributed by atoms with Gasteiger partial charge in [-0.05, 0) is 37.0 Å². The van der Waals surface area contributed by atoms with Crippen molar-refractivity contribution in [2.24, 2.45) is 5.73 Å². The van der Waals surface area contributed by atoms with Gasteiger partial charge in [-0.3, -0.25) is 14.5 Å². The lowest BCUT2D eigenvalue weighted by molar-refractivity contribution is -0.140. The molecule has 0 unspecified atom stereocenters. The van der Waals surface area contributed by atoms with Crippen molar-refractivity contribution in [2.45, 2.75) is 31.1 Å². The van der Waals surface area contributed by atoms with Crippen LogP contribution in [-0.4, -0.2) is 54.3 Å². The molecule has 1 saturated carbocycles. The van der Waals surface area contributed by atoms with E-state index in [0.717, 1.165) is 37.8 Å². The highest BCUT2D eigenvalue weighted by Crippen LogP contribution is 2.45. The zero-order valence-electron chi connectivity index (χ0n) is 13.8. The second-order valence-corrected chi connectivity index (χ2v) is 6.83. The van der Waals surface area contributed by atoms with E-state index >= 15 is 0 Å². The number of primary amides is 1. The summed E-state index contributed by atoms with van der Waals surface area (Å²) in [6.07, 6.45) is 3.36. The number of carbonyl (C=O) groups excluding carboxylic acids is 2.